The predicted molar refractivity (Wildman–Crippen MR) is 58.1 cm³/mol. The molecule has 9 heteroatoms. The quantitative estimate of drug-likeness (QED) is 0.447. The molecule has 0 aliphatic carbocycles. The molecule has 2 N–H and O–H groups in total. The van der Waals surface area contributed by atoms with Gasteiger partial charge in [0, 0.05) is 0 Å². The fourth-order valence-electron chi connectivity index (χ4n) is 0.500. The third kappa shape index (κ3) is 10.2. The van der Waals surface area contributed by atoms with Crippen molar-refractivity contribution in [2.75, 3.05) is 0 Å². The number of ether oxygens (including phenoxy) is 1. The molecule has 0 unspecified atom stereocenters. The van der Waals surface area contributed by atoms with Gasteiger partial charge in [0.05, 0.1) is 12.1 Å². The zero-order valence-electron chi connectivity index (χ0n) is 10.2. The lowest BCUT2D eigenvalue weighted by Gasteiger charge is -2.00. The van der Waals surface area contributed by atoms with E-state index in [1.807, 2.05) is 10.9 Å². The topological polar surface area (TPSA) is 117 Å². The maximum absolute atomic E-state index is 10.9. The summed E-state index contributed by atoms with van der Waals surface area (Å²) in [6, 6.07) is -0.132. The Labute approximate surface area is 98.7 Å². The highest BCUT2D eigenvalue weighted by Gasteiger charge is 2.08. The fraction of sp³-hybridized carbons (Fsp3) is 0.750. The van der Waals surface area contributed by atoms with Gasteiger partial charge in [-0.15, -0.1) is 0 Å². The van der Waals surface area contributed by atoms with Crippen molar-refractivity contribution >= 4 is 12.2 Å². The standard InChI is InChI=1S/C8H16N6O3/c1-5(2)9-13-11-7(15)17-8(16)12-14-10-6(3)4/h5-6H,1-4H3,(H,9,11,15)(H,10,12,16). The van der Waals surface area contributed by atoms with Crippen LogP contribution in [-0.2, 0) is 4.74 Å². The van der Waals surface area contributed by atoms with Crippen LogP contribution in [-0.4, -0.2) is 24.3 Å². The molecule has 0 aromatic heterocycles. The fourth-order valence-corrected chi connectivity index (χ4v) is 0.500. The van der Waals surface area contributed by atoms with Gasteiger partial charge in [0.15, 0.2) is 0 Å². The summed E-state index contributed by atoms with van der Waals surface area (Å²) >= 11 is 0. The number of hydrogen-bond acceptors (Lipinski definition) is 7. The summed E-state index contributed by atoms with van der Waals surface area (Å²) in [6.45, 7) is 7.09. The molecule has 0 atom stereocenters. The number of carbonyl (C=O) groups excluding carboxylic acids is 2. The minimum absolute atomic E-state index is 0.0658. The molecule has 0 saturated carbocycles. The van der Waals surface area contributed by atoms with Gasteiger partial charge in [0.25, 0.3) is 0 Å². The van der Waals surface area contributed by atoms with Crippen LogP contribution < -0.4 is 10.9 Å². The minimum Gasteiger partial charge on any atom is -0.357 e. The molecule has 0 aliphatic heterocycles. The second-order valence-electron chi connectivity index (χ2n) is 3.52. The maximum atomic E-state index is 10.9. The summed E-state index contributed by atoms with van der Waals surface area (Å²) in [7, 11) is 0. The first kappa shape index (κ1) is 14.9. The van der Waals surface area contributed by atoms with Crippen molar-refractivity contribution in [2.45, 2.75) is 39.8 Å². The molecule has 0 saturated heterocycles. The zero-order chi connectivity index (χ0) is 13.3. The Kier molecular flexibility index (Phi) is 7.15. The molecular formula is C8H16N6O3. The maximum Gasteiger partial charge on any atom is 0.438 e. The lowest BCUT2D eigenvalue weighted by atomic mass is 10.4. The Hall–Kier alpha value is -2.06. The van der Waals surface area contributed by atoms with Crippen molar-refractivity contribution in [1.82, 2.24) is 10.9 Å². The van der Waals surface area contributed by atoms with Crippen molar-refractivity contribution in [2.24, 2.45) is 20.7 Å². The molecule has 0 rings (SSSR count). The van der Waals surface area contributed by atoms with E-state index >= 15 is 0 Å². The first-order valence-electron chi connectivity index (χ1n) is 4.99. The minimum atomic E-state index is -1.05. The summed E-state index contributed by atoms with van der Waals surface area (Å²) in [5.41, 5.74) is 3.82. The van der Waals surface area contributed by atoms with Crippen LogP contribution in [0, 0.1) is 0 Å². The number of nitrogens with zero attached hydrogens (tertiary/aromatic N) is 4. The molecular weight excluding hydrogens is 228 g/mol. The first-order chi connectivity index (χ1) is 7.91. The number of hydrogen-bond donors (Lipinski definition) is 2. The van der Waals surface area contributed by atoms with E-state index in [4.69, 9.17) is 0 Å². The Morgan fingerprint density at radius 2 is 1.24 bits per heavy atom. The van der Waals surface area contributed by atoms with Gasteiger partial charge in [-0.25, -0.2) is 9.59 Å². The smallest absolute Gasteiger partial charge is 0.357 e. The Balaban J connectivity index is 3.85. The van der Waals surface area contributed by atoms with E-state index in [0.717, 1.165) is 0 Å². The largest absolute Gasteiger partial charge is 0.438 e. The van der Waals surface area contributed by atoms with Crippen molar-refractivity contribution < 1.29 is 14.3 Å². The second kappa shape index (κ2) is 8.13. The molecule has 0 aromatic rings. The monoisotopic (exact) mass is 244 g/mol. The highest BCUT2D eigenvalue weighted by molar-refractivity contribution is 5.82. The summed E-state index contributed by atoms with van der Waals surface area (Å²) in [4.78, 5) is 21.8. The molecule has 0 radical (unpaired) electrons. The van der Waals surface area contributed by atoms with E-state index in [-0.39, 0.29) is 12.1 Å². The van der Waals surface area contributed by atoms with Crippen molar-refractivity contribution in [3.05, 3.63) is 0 Å². The van der Waals surface area contributed by atoms with Gasteiger partial charge in [0.1, 0.15) is 0 Å². The highest BCUT2D eigenvalue weighted by atomic mass is 16.6. The van der Waals surface area contributed by atoms with Gasteiger partial charge in [0.2, 0.25) is 0 Å². The van der Waals surface area contributed by atoms with Crippen molar-refractivity contribution in [3.63, 3.8) is 0 Å². The van der Waals surface area contributed by atoms with Crippen LogP contribution in [0.2, 0.25) is 0 Å². The number of amides is 2. The summed E-state index contributed by atoms with van der Waals surface area (Å²) < 4.78 is 4.21. The molecule has 9 nitrogen and oxygen atoms in total. The van der Waals surface area contributed by atoms with Crippen LogP contribution in [0.5, 0.6) is 0 Å². The molecule has 0 fully saturated rings. The highest BCUT2D eigenvalue weighted by Crippen LogP contribution is 1.88. The predicted octanol–water partition coefficient (Wildman–Crippen LogP) is 1.97. The average molecular weight is 244 g/mol. The van der Waals surface area contributed by atoms with Gasteiger partial charge in [-0.2, -0.15) is 21.1 Å². The van der Waals surface area contributed by atoms with E-state index in [9.17, 15) is 9.59 Å². The van der Waals surface area contributed by atoms with Crippen molar-refractivity contribution in [3.8, 4) is 0 Å². The van der Waals surface area contributed by atoms with E-state index in [2.05, 4.69) is 25.4 Å². The van der Waals surface area contributed by atoms with E-state index in [0.29, 0.717) is 0 Å². The lowest BCUT2D eigenvalue weighted by Crippen LogP contribution is -2.27. The molecule has 17 heavy (non-hydrogen) atoms. The van der Waals surface area contributed by atoms with Crippen LogP contribution in [0.4, 0.5) is 9.59 Å². The van der Waals surface area contributed by atoms with Crippen LogP contribution in [0.15, 0.2) is 20.7 Å². The molecule has 0 spiro atoms. The summed E-state index contributed by atoms with van der Waals surface area (Å²) in [5, 5.41) is 13.8. The normalized spacial score (nSPS) is 11.4. The van der Waals surface area contributed by atoms with Crippen LogP contribution >= 0.6 is 0 Å². The zero-order valence-corrected chi connectivity index (χ0v) is 10.2. The molecule has 0 aliphatic rings. The van der Waals surface area contributed by atoms with Gasteiger partial charge >= 0.3 is 12.2 Å². The molecule has 2 amide bonds. The molecule has 0 bridgehead atoms. The number of carbonyl (C=O) groups is 2. The van der Waals surface area contributed by atoms with Gasteiger partial charge in [-0.05, 0) is 27.7 Å². The van der Waals surface area contributed by atoms with E-state index in [1.54, 1.807) is 27.7 Å². The van der Waals surface area contributed by atoms with Crippen LogP contribution in [0.1, 0.15) is 27.7 Å². The third-order valence-electron chi connectivity index (χ3n) is 1.05. The first-order valence-corrected chi connectivity index (χ1v) is 4.99. The lowest BCUT2D eigenvalue weighted by molar-refractivity contribution is 0.149. The molecule has 0 aromatic carbocycles. The average Bonchev–Trinajstić information content (AvgIpc) is 2.15. The summed E-state index contributed by atoms with van der Waals surface area (Å²) in [5.74, 6) is 0. The van der Waals surface area contributed by atoms with Crippen molar-refractivity contribution in [1.29, 1.82) is 0 Å². The van der Waals surface area contributed by atoms with Crippen LogP contribution in [0.25, 0.3) is 0 Å². The number of rotatable bonds is 4. The Morgan fingerprint density at radius 3 is 1.53 bits per heavy atom. The molecule has 0 heterocycles. The Morgan fingerprint density at radius 1 is 0.882 bits per heavy atom. The van der Waals surface area contributed by atoms with E-state index in [1.165, 1.54) is 0 Å². The third-order valence-corrected chi connectivity index (χ3v) is 1.05. The van der Waals surface area contributed by atoms with Crippen LogP contribution in [0.3, 0.4) is 0 Å². The number of nitrogens with one attached hydrogen (secondary N) is 2. The Bertz CT molecular complexity index is 282. The molecule has 96 valence electrons. The van der Waals surface area contributed by atoms with Gasteiger partial charge < -0.3 is 4.74 Å². The van der Waals surface area contributed by atoms with Gasteiger partial charge in [-0.3, -0.25) is 0 Å². The van der Waals surface area contributed by atoms with E-state index < -0.39 is 12.2 Å². The van der Waals surface area contributed by atoms with Gasteiger partial charge in [-0.1, -0.05) is 10.4 Å². The summed E-state index contributed by atoms with van der Waals surface area (Å²) in [6.07, 6.45) is -2.10. The SMILES string of the molecule is CC(C)N=NNC(=O)OC(=O)NN=NC(C)C. The second-order valence-corrected chi connectivity index (χ2v) is 3.52.